The summed E-state index contributed by atoms with van der Waals surface area (Å²) in [5.74, 6) is -0.176. The maximum atomic E-state index is 12.9. The quantitative estimate of drug-likeness (QED) is 0.349. The van der Waals surface area contributed by atoms with E-state index in [0.717, 1.165) is 11.8 Å². The number of sulfonamides is 1. The van der Waals surface area contributed by atoms with Gasteiger partial charge in [-0.1, -0.05) is 49.3 Å². The van der Waals surface area contributed by atoms with Crippen LogP contribution in [0.15, 0.2) is 52.5 Å². The standard InChI is InChI=1S/C21H21ClN6O3S2/c1-3-28(4-2)33(30,31)13-9-10-16-14(11-13)19-20(24-16)25-21(27-26-19)32-12-18(29)23-17-8-6-5-7-15(17)22/h5-11H,3-4,12H2,1-2H3,(H,23,29)(H,24,25,27). The van der Waals surface area contributed by atoms with E-state index in [-0.39, 0.29) is 16.6 Å². The number of hydrogen-bond acceptors (Lipinski definition) is 7. The SMILES string of the molecule is CCN(CC)S(=O)(=O)c1ccc2[nH]c3nc(SCC(=O)Nc4ccccc4Cl)nnc3c2c1. The summed E-state index contributed by atoms with van der Waals surface area (Å²) in [6, 6.07) is 11.8. The molecule has 0 radical (unpaired) electrons. The molecular formula is C21H21ClN6O3S2. The van der Waals surface area contributed by atoms with Gasteiger partial charge in [0.15, 0.2) is 5.65 Å². The molecule has 0 saturated heterocycles. The van der Waals surface area contributed by atoms with Crippen molar-refractivity contribution in [2.24, 2.45) is 0 Å². The molecule has 12 heteroatoms. The lowest BCUT2D eigenvalue weighted by molar-refractivity contribution is -0.113. The highest BCUT2D eigenvalue weighted by atomic mass is 35.5. The number of aromatic amines is 1. The van der Waals surface area contributed by atoms with E-state index in [1.807, 2.05) is 0 Å². The summed E-state index contributed by atoms with van der Waals surface area (Å²) in [7, 11) is -3.60. The summed E-state index contributed by atoms with van der Waals surface area (Å²) in [6.07, 6.45) is 0. The van der Waals surface area contributed by atoms with Gasteiger partial charge in [-0.3, -0.25) is 4.79 Å². The van der Waals surface area contributed by atoms with Gasteiger partial charge in [-0.05, 0) is 30.3 Å². The lowest BCUT2D eigenvalue weighted by atomic mass is 10.2. The molecule has 0 aliphatic heterocycles. The second-order valence-corrected chi connectivity index (χ2v) is 10.3. The second-order valence-electron chi connectivity index (χ2n) is 7.03. The average molecular weight is 505 g/mol. The Morgan fingerprint density at radius 3 is 2.64 bits per heavy atom. The van der Waals surface area contributed by atoms with Crippen LogP contribution in [0.25, 0.3) is 22.1 Å². The molecule has 172 valence electrons. The minimum atomic E-state index is -3.60. The molecule has 0 aliphatic carbocycles. The highest BCUT2D eigenvalue weighted by molar-refractivity contribution is 7.99. The van der Waals surface area contributed by atoms with E-state index < -0.39 is 10.0 Å². The molecule has 2 N–H and O–H groups in total. The number of H-pyrrole nitrogens is 1. The highest BCUT2D eigenvalue weighted by Crippen LogP contribution is 2.27. The van der Waals surface area contributed by atoms with Gasteiger partial charge in [-0.2, -0.15) is 4.31 Å². The van der Waals surface area contributed by atoms with Crippen LogP contribution >= 0.6 is 23.4 Å². The van der Waals surface area contributed by atoms with Crippen LogP contribution < -0.4 is 5.32 Å². The van der Waals surface area contributed by atoms with Crippen molar-refractivity contribution in [3.05, 3.63) is 47.5 Å². The van der Waals surface area contributed by atoms with Gasteiger partial charge in [0.05, 0.1) is 21.4 Å². The van der Waals surface area contributed by atoms with Crippen molar-refractivity contribution < 1.29 is 13.2 Å². The van der Waals surface area contributed by atoms with Gasteiger partial charge in [0.25, 0.3) is 0 Å². The Labute approximate surface area is 200 Å². The number of halogens is 1. The lowest BCUT2D eigenvalue weighted by Crippen LogP contribution is -2.30. The first-order chi connectivity index (χ1) is 15.8. The zero-order valence-corrected chi connectivity index (χ0v) is 20.3. The Kier molecular flexibility index (Phi) is 6.84. The Balaban J connectivity index is 1.55. The first-order valence-corrected chi connectivity index (χ1v) is 13.0. The number of anilines is 1. The van der Waals surface area contributed by atoms with Crippen molar-refractivity contribution in [3.8, 4) is 0 Å². The summed E-state index contributed by atoms with van der Waals surface area (Å²) < 4.78 is 27.1. The van der Waals surface area contributed by atoms with Crippen molar-refractivity contribution in [2.75, 3.05) is 24.2 Å². The minimum Gasteiger partial charge on any atom is -0.338 e. The normalized spacial score (nSPS) is 12.0. The molecule has 4 aromatic rings. The van der Waals surface area contributed by atoms with Crippen LogP contribution in [0.4, 0.5) is 5.69 Å². The molecule has 9 nitrogen and oxygen atoms in total. The number of para-hydroxylation sites is 1. The first kappa shape index (κ1) is 23.4. The van der Waals surface area contributed by atoms with Gasteiger partial charge in [0.2, 0.25) is 21.1 Å². The summed E-state index contributed by atoms with van der Waals surface area (Å²) in [5.41, 5.74) is 2.16. The molecular weight excluding hydrogens is 484 g/mol. The van der Waals surface area contributed by atoms with Crippen LogP contribution in [-0.4, -0.2) is 57.6 Å². The fourth-order valence-electron chi connectivity index (χ4n) is 3.35. The molecule has 1 amide bonds. The van der Waals surface area contributed by atoms with Crippen molar-refractivity contribution in [3.63, 3.8) is 0 Å². The van der Waals surface area contributed by atoms with Gasteiger partial charge < -0.3 is 10.3 Å². The van der Waals surface area contributed by atoms with Crippen LogP contribution in [0.5, 0.6) is 0 Å². The maximum absolute atomic E-state index is 12.9. The number of nitrogens with zero attached hydrogens (tertiary/aromatic N) is 4. The molecule has 0 bridgehead atoms. The number of aromatic nitrogens is 4. The van der Waals surface area contributed by atoms with Gasteiger partial charge >= 0.3 is 0 Å². The summed E-state index contributed by atoms with van der Waals surface area (Å²) in [4.78, 5) is 20.0. The molecule has 33 heavy (non-hydrogen) atoms. The Morgan fingerprint density at radius 2 is 1.91 bits per heavy atom. The average Bonchev–Trinajstić information content (AvgIpc) is 3.17. The van der Waals surface area contributed by atoms with Crippen LogP contribution in [0.2, 0.25) is 5.02 Å². The summed E-state index contributed by atoms with van der Waals surface area (Å²) in [5, 5.41) is 12.5. The van der Waals surface area contributed by atoms with Crippen molar-refractivity contribution >= 4 is 67.0 Å². The van der Waals surface area contributed by atoms with Crippen LogP contribution in [-0.2, 0) is 14.8 Å². The number of thioether (sulfide) groups is 1. The van der Waals surface area contributed by atoms with Crippen LogP contribution in [0.1, 0.15) is 13.8 Å². The van der Waals surface area contributed by atoms with E-state index in [1.165, 1.54) is 4.31 Å². The zero-order chi connectivity index (χ0) is 23.6. The molecule has 2 heterocycles. The maximum Gasteiger partial charge on any atom is 0.243 e. The molecule has 2 aromatic carbocycles. The molecule has 0 spiro atoms. The predicted molar refractivity (Wildman–Crippen MR) is 130 cm³/mol. The largest absolute Gasteiger partial charge is 0.338 e. The summed E-state index contributed by atoms with van der Waals surface area (Å²) >= 11 is 7.20. The number of benzene rings is 2. The molecule has 0 fully saturated rings. The van der Waals surface area contributed by atoms with Crippen LogP contribution in [0, 0.1) is 0 Å². The van der Waals surface area contributed by atoms with Gasteiger partial charge in [0.1, 0.15) is 5.52 Å². The fourth-order valence-corrected chi connectivity index (χ4v) is 5.60. The molecule has 0 aliphatic rings. The highest BCUT2D eigenvalue weighted by Gasteiger charge is 2.23. The number of fused-ring (bicyclic) bond motifs is 3. The van der Waals surface area contributed by atoms with E-state index >= 15 is 0 Å². The first-order valence-electron chi connectivity index (χ1n) is 10.2. The molecule has 2 aromatic heterocycles. The molecule has 0 atom stereocenters. The predicted octanol–water partition coefficient (Wildman–Crippen LogP) is 3.92. The Hall–Kier alpha value is -2.73. The zero-order valence-electron chi connectivity index (χ0n) is 17.9. The molecule has 4 rings (SSSR count). The number of rotatable bonds is 8. The van der Waals surface area contributed by atoms with E-state index in [1.54, 1.807) is 56.3 Å². The number of nitrogens with one attached hydrogen (secondary N) is 2. The van der Waals surface area contributed by atoms with E-state index in [2.05, 4.69) is 25.5 Å². The lowest BCUT2D eigenvalue weighted by Gasteiger charge is -2.18. The molecule has 0 saturated carbocycles. The van der Waals surface area contributed by atoms with Crippen molar-refractivity contribution in [1.29, 1.82) is 0 Å². The Morgan fingerprint density at radius 1 is 1.15 bits per heavy atom. The third-order valence-electron chi connectivity index (χ3n) is 4.99. The fraction of sp³-hybridized carbons (Fsp3) is 0.238. The number of amides is 1. The van der Waals surface area contributed by atoms with Crippen molar-refractivity contribution in [2.45, 2.75) is 23.9 Å². The van der Waals surface area contributed by atoms with E-state index in [4.69, 9.17) is 11.6 Å². The smallest absolute Gasteiger partial charge is 0.243 e. The second kappa shape index (κ2) is 9.64. The van der Waals surface area contributed by atoms with E-state index in [9.17, 15) is 13.2 Å². The van der Waals surface area contributed by atoms with E-state index in [0.29, 0.717) is 51.0 Å². The van der Waals surface area contributed by atoms with Gasteiger partial charge in [0, 0.05) is 24.0 Å². The van der Waals surface area contributed by atoms with Crippen molar-refractivity contribution in [1.82, 2.24) is 24.5 Å². The number of hydrogen-bond donors (Lipinski definition) is 2. The third kappa shape index (κ3) is 4.81. The number of carbonyl (C=O) groups excluding carboxylic acids is 1. The summed E-state index contributed by atoms with van der Waals surface area (Å²) in [6.45, 7) is 4.37. The monoisotopic (exact) mass is 504 g/mol. The van der Waals surface area contributed by atoms with Gasteiger partial charge in [-0.15, -0.1) is 10.2 Å². The molecule has 0 unspecified atom stereocenters. The number of carbonyl (C=O) groups is 1. The van der Waals surface area contributed by atoms with Crippen LogP contribution in [0.3, 0.4) is 0 Å². The van der Waals surface area contributed by atoms with Gasteiger partial charge in [-0.25, -0.2) is 13.4 Å². The third-order valence-corrected chi connectivity index (χ3v) is 8.20. The topological polar surface area (TPSA) is 121 Å². The Bertz CT molecular complexity index is 1440. The minimum absolute atomic E-state index is 0.0743.